The van der Waals surface area contributed by atoms with Crippen LogP contribution >= 0.6 is 0 Å². The summed E-state index contributed by atoms with van der Waals surface area (Å²) >= 11 is 0. The van der Waals surface area contributed by atoms with Gasteiger partial charge in [0.25, 0.3) is 0 Å². The van der Waals surface area contributed by atoms with E-state index in [4.69, 9.17) is 5.11 Å². The Morgan fingerprint density at radius 3 is 2.53 bits per heavy atom. The van der Waals surface area contributed by atoms with Gasteiger partial charge in [0.15, 0.2) is 0 Å². The molecular weight excluding hydrogens is 192 g/mol. The molecule has 0 saturated carbocycles. The number of carboxylic acid groups (broad SMARTS) is 1. The lowest BCUT2D eigenvalue weighted by molar-refractivity contribution is -0.132. The predicted molar refractivity (Wildman–Crippen MR) is 59.7 cm³/mol. The Morgan fingerprint density at radius 1 is 1.40 bits per heavy atom. The Hall–Kier alpha value is -1.12. The van der Waals surface area contributed by atoms with Crippen LogP contribution in [0.3, 0.4) is 0 Å². The topological polar surface area (TPSA) is 54.4 Å². The van der Waals surface area contributed by atoms with Gasteiger partial charge in [0.2, 0.25) is 0 Å². The predicted octanol–water partition coefficient (Wildman–Crippen LogP) is 2.80. The van der Waals surface area contributed by atoms with E-state index >= 15 is 0 Å². The van der Waals surface area contributed by atoms with Gasteiger partial charge in [0.05, 0.1) is 0 Å². The zero-order valence-electron chi connectivity index (χ0n) is 9.53. The van der Waals surface area contributed by atoms with Crippen molar-refractivity contribution < 1.29 is 14.7 Å². The van der Waals surface area contributed by atoms with Crippen molar-refractivity contribution in [2.75, 3.05) is 0 Å². The smallest absolute Gasteiger partial charge is 0.331 e. The molecule has 0 aromatic rings. The first-order valence-electron chi connectivity index (χ1n) is 5.47. The molecular formula is C12H20O3. The summed E-state index contributed by atoms with van der Waals surface area (Å²) in [5.41, 5.74) is 0.481. The molecule has 3 heteroatoms. The zero-order valence-corrected chi connectivity index (χ0v) is 9.53. The average Bonchev–Trinajstić information content (AvgIpc) is 2.17. The van der Waals surface area contributed by atoms with Crippen LogP contribution in [-0.4, -0.2) is 17.4 Å². The number of hydrogen-bond acceptors (Lipinski definition) is 2. The average molecular weight is 212 g/mol. The minimum absolute atomic E-state index is 0.235. The minimum Gasteiger partial charge on any atom is -0.478 e. The van der Waals surface area contributed by atoms with Gasteiger partial charge in [0.1, 0.15) is 6.29 Å². The fourth-order valence-corrected chi connectivity index (χ4v) is 1.27. The Balaban J connectivity index is 4.15. The Bertz CT molecular complexity index is 231. The van der Waals surface area contributed by atoms with Crippen molar-refractivity contribution >= 4 is 12.3 Å². The fourth-order valence-electron chi connectivity index (χ4n) is 1.27. The molecule has 1 atom stereocenters. The van der Waals surface area contributed by atoms with Crippen LogP contribution in [0.1, 0.15) is 46.0 Å². The van der Waals surface area contributed by atoms with Crippen LogP contribution in [0.25, 0.3) is 0 Å². The van der Waals surface area contributed by atoms with E-state index in [9.17, 15) is 9.59 Å². The van der Waals surface area contributed by atoms with Crippen LogP contribution < -0.4 is 0 Å². The van der Waals surface area contributed by atoms with Crippen molar-refractivity contribution in [1.29, 1.82) is 0 Å². The molecule has 0 aromatic heterocycles. The summed E-state index contributed by atoms with van der Waals surface area (Å²) in [5.74, 6) is -0.597. The summed E-state index contributed by atoms with van der Waals surface area (Å²) in [5, 5.41) is 8.90. The van der Waals surface area contributed by atoms with Gasteiger partial charge in [-0.1, -0.05) is 26.3 Å². The number of aliphatic carboxylic acids is 1. The molecule has 0 amide bonds. The molecule has 86 valence electrons. The highest BCUT2D eigenvalue weighted by molar-refractivity contribution is 5.86. The first-order valence-corrected chi connectivity index (χ1v) is 5.47. The number of carbonyl (C=O) groups is 2. The van der Waals surface area contributed by atoms with E-state index in [1.165, 1.54) is 0 Å². The number of rotatable bonds is 8. The van der Waals surface area contributed by atoms with Gasteiger partial charge in [-0.3, -0.25) is 0 Å². The quantitative estimate of drug-likeness (QED) is 0.497. The first-order chi connectivity index (χ1) is 7.11. The number of carboxylic acids is 1. The highest BCUT2D eigenvalue weighted by Crippen LogP contribution is 2.13. The summed E-state index contributed by atoms with van der Waals surface area (Å²) < 4.78 is 0. The molecule has 0 aliphatic heterocycles. The Kier molecular flexibility index (Phi) is 7.60. The molecule has 3 nitrogen and oxygen atoms in total. The number of allylic oxidation sites excluding steroid dienone is 1. The molecule has 1 N–H and O–H groups in total. The molecule has 0 saturated heterocycles. The van der Waals surface area contributed by atoms with Crippen molar-refractivity contribution in [2.45, 2.75) is 46.0 Å². The number of carbonyl (C=O) groups excluding carboxylic acids is 1. The van der Waals surface area contributed by atoms with Crippen LogP contribution in [0.4, 0.5) is 0 Å². The third kappa shape index (κ3) is 6.89. The van der Waals surface area contributed by atoms with Crippen molar-refractivity contribution in [3.63, 3.8) is 0 Å². The van der Waals surface area contributed by atoms with Gasteiger partial charge >= 0.3 is 5.97 Å². The van der Waals surface area contributed by atoms with Crippen molar-refractivity contribution in [3.8, 4) is 0 Å². The van der Waals surface area contributed by atoms with Crippen LogP contribution in [0.15, 0.2) is 11.6 Å². The van der Waals surface area contributed by atoms with E-state index in [1.807, 2.05) is 13.8 Å². The molecule has 0 aliphatic rings. The number of hydrogen-bond donors (Lipinski definition) is 1. The van der Waals surface area contributed by atoms with E-state index in [-0.39, 0.29) is 5.92 Å². The third-order valence-corrected chi connectivity index (χ3v) is 2.34. The second-order valence-corrected chi connectivity index (χ2v) is 3.88. The number of aldehydes is 1. The van der Waals surface area contributed by atoms with Gasteiger partial charge in [-0.25, -0.2) is 4.79 Å². The monoisotopic (exact) mass is 212 g/mol. The van der Waals surface area contributed by atoms with Gasteiger partial charge in [-0.2, -0.15) is 0 Å². The van der Waals surface area contributed by atoms with Crippen LogP contribution in [0, 0.1) is 5.92 Å². The number of unbranched alkanes of at least 4 members (excludes halogenated alkanes) is 1. The van der Waals surface area contributed by atoms with E-state index in [0.29, 0.717) is 24.8 Å². The highest BCUT2D eigenvalue weighted by Gasteiger charge is 2.07. The summed E-state index contributed by atoms with van der Waals surface area (Å²) in [4.78, 5) is 21.1. The highest BCUT2D eigenvalue weighted by atomic mass is 16.4. The lowest BCUT2D eigenvalue weighted by Gasteiger charge is -2.05. The first kappa shape index (κ1) is 13.9. The molecule has 0 spiro atoms. The molecule has 0 radical (unpaired) electrons. The van der Waals surface area contributed by atoms with Gasteiger partial charge in [0, 0.05) is 12.0 Å². The second kappa shape index (κ2) is 8.21. The lowest BCUT2D eigenvalue weighted by atomic mass is 10.0. The Labute approximate surface area is 91.2 Å². The summed E-state index contributed by atoms with van der Waals surface area (Å²) in [6.07, 6.45) is 6.33. The molecule has 0 aromatic carbocycles. The second-order valence-electron chi connectivity index (χ2n) is 3.88. The van der Waals surface area contributed by atoms with E-state index < -0.39 is 5.97 Å². The maximum Gasteiger partial charge on any atom is 0.331 e. The maximum absolute atomic E-state index is 10.8. The standard InChI is InChI=1S/C12H20O3/c1-3-4-5-11(12(14)15)7-6-10(2)8-9-13/h7,9-10H,3-6,8H2,1-2H3,(H,14,15)/b11-7+/t10-/m0/s1. The van der Waals surface area contributed by atoms with Gasteiger partial charge < -0.3 is 9.90 Å². The Morgan fingerprint density at radius 2 is 2.07 bits per heavy atom. The normalized spacial score (nSPS) is 13.6. The summed E-state index contributed by atoms with van der Waals surface area (Å²) in [7, 11) is 0. The van der Waals surface area contributed by atoms with Crippen molar-refractivity contribution in [3.05, 3.63) is 11.6 Å². The van der Waals surface area contributed by atoms with E-state index in [1.54, 1.807) is 6.08 Å². The molecule has 0 aliphatic carbocycles. The zero-order chi connectivity index (χ0) is 11.7. The minimum atomic E-state index is -0.832. The van der Waals surface area contributed by atoms with Crippen molar-refractivity contribution in [1.82, 2.24) is 0 Å². The SMILES string of the molecule is CCCC/C(=C\C[C@H](C)CC=O)C(=O)O. The van der Waals surface area contributed by atoms with E-state index in [0.717, 1.165) is 19.1 Å². The molecule has 0 bridgehead atoms. The van der Waals surface area contributed by atoms with Crippen molar-refractivity contribution in [2.24, 2.45) is 5.92 Å². The third-order valence-electron chi connectivity index (χ3n) is 2.34. The molecule has 15 heavy (non-hydrogen) atoms. The van der Waals surface area contributed by atoms with Gasteiger partial charge in [-0.05, 0) is 25.2 Å². The largest absolute Gasteiger partial charge is 0.478 e. The molecule has 0 rings (SSSR count). The fraction of sp³-hybridized carbons (Fsp3) is 0.667. The van der Waals surface area contributed by atoms with Crippen LogP contribution in [0.2, 0.25) is 0 Å². The summed E-state index contributed by atoms with van der Waals surface area (Å²) in [6.45, 7) is 3.98. The van der Waals surface area contributed by atoms with E-state index in [2.05, 4.69) is 0 Å². The van der Waals surface area contributed by atoms with Crippen LogP contribution in [-0.2, 0) is 9.59 Å². The molecule has 0 heterocycles. The molecule has 0 unspecified atom stereocenters. The lowest BCUT2D eigenvalue weighted by Crippen LogP contribution is -2.02. The molecule has 0 fully saturated rings. The summed E-state index contributed by atoms with van der Waals surface area (Å²) in [6, 6.07) is 0. The maximum atomic E-state index is 10.8. The van der Waals surface area contributed by atoms with Crippen LogP contribution in [0.5, 0.6) is 0 Å². The van der Waals surface area contributed by atoms with Gasteiger partial charge in [-0.15, -0.1) is 0 Å².